The molecule has 1 saturated carbocycles. The van der Waals surface area contributed by atoms with Gasteiger partial charge in [0.05, 0.1) is 11.4 Å². The minimum Gasteiger partial charge on any atom is -0.489 e. The molecule has 0 spiro atoms. The van der Waals surface area contributed by atoms with E-state index >= 15 is 0 Å². The summed E-state index contributed by atoms with van der Waals surface area (Å²) < 4.78 is 45.7. The van der Waals surface area contributed by atoms with E-state index in [1.807, 2.05) is 0 Å². The lowest BCUT2D eigenvalue weighted by atomic mass is 10.2. The molecule has 0 unspecified atom stereocenters. The molecule has 2 aromatic rings. The molecule has 8 heteroatoms. The van der Waals surface area contributed by atoms with Gasteiger partial charge in [-0.3, -0.25) is 4.79 Å². The molecular weight excluding hydrogens is 371 g/mol. The zero-order valence-electron chi connectivity index (χ0n) is 14.9. The van der Waals surface area contributed by atoms with Gasteiger partial charge in [0.2, 0.25) is 10.0 Å². The Morgan fingerprint density at radius 3 is 2.48 bits per heavy atom. The maximum absolute atomic E-state index is 13.5. The first-order valence-corrected chi connectivity index (χ1v) is 10.1. The number of likely N-dealkylation sites (N-methyl/N-ethyl adjacent to an activating group) is 1. The molecule has 1 aliphatic rings. The Kier molecular flexibility index (Phi) is 5.76. The second-order valence-electron chi connectivity index (χ2n) is 6.43. The lowest BCUT2D eigenvalue weighted by Gasteiger charge is -2.18. The fraction of sp³-hybridized carbons (Fsp3) is 0.316. The van der Waals surface area contributed by atoms with Crippen LogP contribution >= 0.6 is 0 Å². The number of ether oxygens (including phenoxy) is 1. The average molecular weight is 392 g/mol. The summed E-state index contributed by atoms with van der Waals surface area (Å²) in [5, 5.41) is 0. The summed E-state index contributed by atoms with van der Waals surface area (Å²) >= 11 is 0. The van der Waals surface area contributed by atoms with Crippen LogP contribution in [0.2, 0.25) is 0 Å². The quantitative estimate of drug-likeness (QED) is 0.749. The zero-order valence-corrected chi connectivity index (χ0v) is 15.7. The number of carbonyl (C=O) groups is 1. The molecule has 1 amide bonds. The van der Waals surface area contributed by atoms with E-state index in [2.05, 4.69) is 4.72 Å². The third kappa shape index (κ3) is 5.05. The molecule has 1 N–H and O–H groups in total. The molecule has 3 rings (SSSR count). The van der Waals surface area contributed by atoms with E-state index < -0.39 is 15.8 Å². The van der Waals surface area contributed by atoms with Gasteiger partial charge in [0.25, 0.3) is 5.91 Å². The molecule has 0 atom stereocenters. The number of para-hydroxylation sites is 1. The minimum absolute atomic E-state index is 0.0249. The van der Waals surface area contributed by atoms with E-state index in [9.17, 15) is 17.6 Å². The van der Waals surface area contributed by atoms with E-state index in [4.69, 9.17) is 4.74 Å². The third-order valence-electron chi connectivity index (χ3n) is 4.18. The maximum atomic E-state index is 13.5. The normalized spacial score (nSPS) is 14.0. The molecule has 0 radical (unpaired) electrons. The van der Waals surface area contributed by atoms with Gasteiger partial charge in [0.1, 0.15) is 6.61 Å². The molecule has 27 heavy (non-hydrogen) atoms. The van der Waals surface area contributed by atoms with E-state index in [1.54, 1.807) is 19.2 Å². The van der Waals surface area contributed by atoms with Gasteiger partial charge in [0.15, 0.2) is 11.6 Å². The Hall–Kier alpha value is -2.45. The standard InChI is InChI=1S/C19H21FN2O4S/c1-22(12-13-26-18-5-3-2-4-17(18)20)19(23)14-6-10-16(11-7-14)27(24,25)21-15-8-9-15/h2-7,10-11,15,21H,8-9,12-13H2,1H3. The fourth-order valence-corrected chi connectivity index (χ4v) is 3.75. The third-order valence-corrected chi connectivity index (χ3v) is 5.71. The second kappa shape index (κ2) is 8.06. The molecule has 144 valence electrons. The van der Waals surface area contributed by atoms with E-state index in [1.165, 1.54) is 41.3 Å². The van der Waals surface area contributed by atoms with Gasteiger partial charge in [-0.1, -0.05) is 12.1 Å². The number of amides is 1. The lowest BCUT2D eigenvalue weighted by molar-refractivity contribution is 0.0773. The van der Waals surface area contributed by atoms with Crippen molar-refractivity contribution in [3.05, 3.63) is 59.9 Å². The van der Waals surface area contributed by atoms with Crippen LogP contribution < -0.4 is 9.46 Å². The van der Waals surface area contributed by atoms with Crippen molar-refractivity contribution in [1.82, 2.24) is 9.62 Å². The van der Waals surface area contributed by atoms with Gasteiger partial charge >= 0.3 is 0 Å². The molecule has 1 aliphatic carbocycles. The first kappa shape index (κ1) is 19.3. The number of carbonyl (C=O) groups excluding carboxylic acids is 1. The van der Waals surface area contributed by atoms with E-state index in [0.29, 0.717) is 5.56 Å². The highest BCUT2D eigenvalue weighted by Gasteiger charge is 2.28. The number of nitrogens with zero attached hydrogens (tertiary/aromatic N) is 1. The number of sulfonamides is 1. The van der Waals surface area contributed by atoms with Crippen molar-refractivity contribution in [2.24, 2.45) is 0 Å². The van der Waals surface area contributed by atoms with Crippen LogP contribution in [0.25, 0.3) is 0 Å². The van der Waals surface area contributed by atoms with Gasteiger partial charge in [-0.15, -0.1) is 0 Å². The summed E-state index contributed by atoms with van der Waals surface area (Å²) in [7, 11) is -1.94. The SMILES string of the molecule is CN(CCOc1ccccc1F)C(=O)c1ccc(S(=O)(=O)NC2CC2)cc1. The largest absolute Gasteiger partial charge is 0.489 e. The summed E-state index contributed by atoms with van der Waals surface area (Å²) in [5.74, 6) is -0.592. The fourth-order valence-electron chi connectivity index (χ4n) is 2.44. The number of rotatable bonds is 8. The Morgan fingerprint density at radius 1 is 1.19 bits per heavy atom. The predicted octanol–water partition coefficient (Wildman–Crippen LogP) is 2.42. The number of nitrogens with one attached hydrogen (secondary N) is 1. The monoisotopic (exact) mass is 392 g/mol. The second-order valence-corrected chi connectivity index (χ2v) is 8.14. The van der Waals surface area contributed by atoms with E-state index in [0.717, 1.165) is 12.8 Å². The van der Waals surface area contributed by atoms with Crippen molar-refractivity contribution in [3.63, 3.8) is 0 Å². The highest BCUT2D eigenvalue weighted by Crippen LogP contribution is 2.22. The van der Waals surface area contributed by atoms with E-state index in [-0.39, 0.29) is 35.7 Å². The molecule has 0 bridgehead atoms. The van der Waals surface area contributed by atoms with Crippen molar-refractivity contribution in [3.8, 4) is 5.75 Å². The van der Waals surface area contributed by atoms with Crippen molar-refractivity contribution in [1.29, 1.82) is 0 Å². The summed E-state index contributed by atoms with van der Waals surface area (Å²) in [4.78, 5) is 14.0. The van der Waals surface area contributed by atoms with Crippen LogP contribution in [0.3, 0.4) is 0 Å². The van der Waals surface area contributed by atoms with Crippen LogP contribution in [-0.2, 0) is 10.0 Å². The minimum atomic E-state index is -3.54. The van der Waals surface area contributed by atoms with Crippen molar-refractivity contribution in [2.75, 3.05) is 20.2 Å². The number of benzene rings is 2. The Bertz CT molecular complexity index is 912. The average Bonchev–Trinajstić information content (AvgIpc) is 3.46. The van der Waals surface area contributed by atoms with Crippen LogP contribution in [-0.4, -0.2) is 45.5 Å². The zero-order chi connectivity index (χ0) is 19.4. The molecule has 6 nitrogen and oxygen atoms in total. The first-order valence-electron chi connectivity index (χ1n) is 8.62. The van der Waals surface area contributed by atoms with Gasteiger partial charge in [0, 0.05) is 18.7 Å². The summed E-state index contributed by atoms with van der Waals surface area (Å²) in [5.41, 5.74) is 0.369. The molecule has 0 heterocycles. The molecule has 1 fully saturated rings. The molecular formula is C19H21FN2O4S. The van der Waals surface area contributed by atoms with Crippen molar-refractivity contribution in [2.45, 2.75) is 23.8 Å². The molecule has 2 aromatic carbocycles. The van der Waals surface area contributed by atoms with Gasteiger partial charge in [-0.05, 0) is 49.2 Å². The summed E-state index contributed by atoms with van der Waals surface area (Å²) in [6, 6.07) is 11.9. The maximum Gasteiger partial charge on any atom is 0.253 e. The first-order chi connectivity index (χ1) is 12.9. The van der Waals surface area contributed by atoms with Crippen molar-refractivity contribution < 1.29 is 22.3 Å². The van der Waals surface area contributed by atoms with Crippen LogP contribution in [0.5, 0.6) is 5.75 Å². The highest BCUT2D eigenvalue weighted by molar-refractivity contribution is 7.89. The van der Waals surface area contributed by atoms with Crippen LogP contribution in [0.4, 0.5) is 4.39 Å². The van der Waals surface area contributed by atoms with Crippen LogP contribution in [0.1, 0.15) is 23.2 Å². The number of halogens is 1. The van der Waals surface area contributed by atoms with Gasteiger partial charge in [-0.2, -0.15) is 0 Å². The number of hydrogen-bond acceptors (Lipinski definition) is 4. The number of hydrogen-bond donors (Lipinski definition) is 1. The topological polar surface area (TPSA) is 75.7 Å². The predicted molar refractivity (Wildman–Crippen MR) is 98.6 cm³/mol. The summed E-state index contributed by atoms with van der Waals surface area (Å²) in [6.45, 7) is 0.400. The van der Waals surface area contributed by atoms with Crippen LogP contribution in [0.15, 0.2) is 53.4 Å². The molecule has 0 saturated heterocycles. The van der Waals surface area contributed by atoms with Gasteiger partial charge in [-0.25, -0.2) is 17.5 Å². The molecule has 0 aromatic heterocycles. The molecule has 0 aliphatic heterocycles. The smallest absolute Gasteiger partial charge is 0.253 e. The van der Waals surface area contributed by atoms with Gasteiger partial charge < -0.3 is 9.64 Å². The van der Waals surface area contributed by atoms with Crippen LogP contribution in [0, 0.1) is 5.82 Å². The highest BCUT2D eigenvalue weighted by atomic mass is 32.2. The van der Waals surface area contributed by atoms with Crippen molar-refractivity contribution >= 4 is 15.9 Å². The Labute approximate surface area is 158 Å². The summed E-state index contributed by atoms with van der Waals surface area (Å²) in [6.07, 6.45) is 1.71. The Morgan fingerprint density at radius 2 is 1.85 bits per heavy atom. The Balaban J connectivity index is 1.55. The lowest BCUT2D eigenvalue weighted by Crippen LogP contribution is -2.31.